The molecule has 4 nitrogen and oxygen atoms in total. The number of hydrogen-bond donors (Lipinski definition) is 0. The molecule has 28 heavy (non-hydrogen) atoms. The van der Waals surface area contributed by atoms with Crippen molar-refractivity contribution in [2.45, 2.75) is 52.2 Å². The van der Waals surface area contributed by atoms with Crippen molar-refractivity contribution in [3.8, 4) is 21.9 Å². The Labute approximate surface area is 172 Å². The van der Waals surface area contributed by atoms with Gasteiger partial charge in [0.25, 0.3) is 0 Å². The Kier molecular flexibility index (Phi) is 6.55. The third-order valence-corrected chi connectivity index (χ3v) is 6.49. The molecule has 2 aromatic rings. The lowest BCUT2D eigenvalue weighted by atomic mass is 10.1. The van der Waals surface area contributed by atoms with Crippen molar-refractivity contribution >= 4 is 11.3 Å². The highest BCUT2D eigenvalue weighted by Gasteiger charge is 2.22. The third-order valence-electron chi connectivity index (χ3n) is 5.44. The van der Waals surface area contributed by atoms with Crippen molar-refractivity contribution in [3.63, 3.8) is 0 Å². The lowest BCUT2D eigenvalue weighted by Gasteiger charge is -2.24. The molecule has 5 heteroatoms. The van der Waals surface area contributed by atoms with Crippen molar-refractivity contribution in [1.29, 1.82) is 0 Å². The fourth-order valence-corrected chi connectivity index (χ4v) is 4.86. The van der Waals surface area contributed by atoms with Gasteiger partial charge in [-0.3, -0.25) is 4.90 Å². The average Bonchev–Trinajstić information content (AvgIpc) is 3.04. The Morgan fingerprint density at radius 2 is 2.14 bits per heavy atom. The average molecular weight is 402 g/mol. The molecule has 4 rings (SSSR count). The van der Waals surface area contributed by atoms with Gasteiger partial charge >= 0.3 is 0 Å². The van der Waals surface area contributed by atoms with Gasteiger partial charge < -0.3 is 14.2 Å². The second-order valence-electron chi connectivity index (χ2n) is 7.80. The van der Waals surface area contributed by atoms with Gasteiger partial charge in [-0.2, -0.15) is 0 Å². The first-order valence-corrected chi connectivity index (χ1v) is 11.4. The van der Waals surface area contributed by atoms with Crippen molar-refractivity contribution in [1.82, 2.24) is 4.90 Å². The summed E-state index contributed by atoms with van der Waals surface area (Å²) >= 11 is 1.83. The summed E-state index contributed by atoms with van der Waals surface area (Å²) in [4.78, 5) is 5.08. The lowest BCUT2D eigenvalue weighted by Crippen LogP contribution is -2.26. The van der Waals surface area contributed by atoms with Crippen LogP contribution in [0.4, 0.5) is 0 Å². The topological polar surface area (TPSA) is 30.9 Å². The number of nitrogens with zero attached hydrogens (tertiary/aromatic N) is 1. The fourth-order valence-electron chi connectivity index (χ4n) is 4.01. The Balaban J connectivity index is 1.63. The highest BCUT2D eigenvalue weighted by atomic mass is 32.1. The number of hydrogen-bond acceptors (Lipinski definition) is 5. The van der Waals surface area contributed by atoms with Crippen molar-refractivity contribution in [3.05, 3.63) is 34.7 Å². The highest BCUT2D eigenvalue weighted by molar-refractivity contribution is 7.15. The molecule has 1 aromatic carbocycles. The maximum absolute atomic E-state index is 6.30. The number of ether oxygens (including phenoxy) is 3. The smallest absolute Gasteiger partial charge is 0.165 e. The van der Waals surface area contributed by atoms with Gasteiger partial charge in [0.2, 0.25) is 0 Å². The van der Waals surface area contributed by atoms with Crippen LogP contribution >= 0.6 is 11.3 Å². The molecule has 0 aliphatic carbocycles. The van der Waals surface area contributed by atoms with Gasteiger partial charge in [-0.05, 0) is 69.0 Å². The Morgan fingerprint density at radius 3 is 2.89 bits per heavy atom. The summed E-state index contributed by atoms with van der Waals surface area (Å²) < 4.78 is 18.4. The van der Waals surface area contributed by atoms with E-state index in [2.05, 4.69) is 43.0 Å². The predicted octanol–water partition coefficient (Wildman–Crippen LogP) is 5.28. The molecule has 0 bridgehead atoms. The molecule has 1 aromatic heterocycles. The van der Waals surface area contributed by atoms with E-state index in [0.717, 1.165) is 57.0 Å². The molecule has 0 amide bonds. The second kappa shape index (κ2) is 9.29. The molecule has 2 aliphatic rings. The number of rotatable bonds is 6. The Hall–Kier alpha value is -1.56. The van der Waals surface area contributed by atoms with Crippen LogP contribution in [0.3, 0.4) is 0 Å². The maximum Gasteiger partial charge on any atom is 0.165 e. The number of thiophene rings is 1. The number of fused-ring (bicyclic) bond motifs is 1. The van der Waals surface area contributed by atoms with Crippen LogP contribution in [-0.4, -0.2) is 43.9 Å². The van der Waals surface area contributed by atoms with Crippen LogP contribution in [-0.2, 0) is 11.3 Å². The van der Waals surface area contributed by atoms with Gasteiger partial charge in [-0.25, -0.2) is 0 Å². The molecule has 1 fully saturated rings. The van der Waals surface area contributed by atoms with E-state index in [0.29, 0.717) is 13.2 Å². The molecule has 2 aliphatic heterocycles. The van der Waals surface area contributed by atoms with Crippen molar-refractivity contribution in [2.24, 2.45) is 0 Å². The minimum atomic E-state index is 0.194. The van der Waals surface area contributed by atoms with Gasteiger partial charge in [0.15, 0.2) is 11.5 Å². The first-order valence-electron chi connectivity index (χ1n) is 10.6. The summed E-state index contributed by atoms with van der Waals surface area (Å²) in [6, 6.07) is 8.83. The lowest BCUT2D eigenvalue weighted by molar-refractivity contribution is -0.0115. The summed E-state index contributed by atoms with van der Waals surface area (Å²) in [5.41, 5.74) is 2.45. The quantitative estimate of drug-likeness (QED) is 0.659. The highest BCUT2D eigenvalue weighted by Crippen LogP contribution is 2.40. The Bertz CT molecular complexity index is 782. The molecule has 1 saturated heterocycles. The van der Waals surface area contributed by atoms with Crippen LogP contribution in [0, 0.1) is 6.92 Å². The van der Waals surface area contributed by atoms with Crippen LogP contribution in [0.25, 0.3) is 10.4 Å². The van der Waals surface area contributed by atoms with Gasteiger partial charge in [-0.15, -0.1) is 11.3 Å². The molecule has 0 unspecified atom stereocenters. The zero-order valence-corrected chi connectivity index (χ0v) is 17.9. The monoisotopic (exact) mass is 401 g/mol. The summed E-state index contributed by atoms with van der Waals surface area (Å²) in [7, 11) is 0. The zero-order chi connectivity index (χ0) is 19.3. The molecule has 0 radical (unpaired) electrons. The minimum absolute atomic E-state index is 0.194. The summed E-state index contributed by atoms with van der Waals surface area (Å²) in [6.45, 7) is 9.51. The SMILES string of the molecule is CCCN1CCOc2c(cc(-c3ccc(C)s3)cc2OC[C@H]2CCCCO2)C1. The Morgan fingerprint density at radius 1 is 1.21 bits per heavy atom. The van der Waals surface area contributed by atoms with Crippen LogP contribution in [0.2, 0.25) is 0 Å². The minimum Gasteiger partial charge on any atom is -0.488 e. The normalized spacial score (nSPS) is 20.3. The molecular weight excluding hydrogens is 370 g/mol. The second-order valence-corrected chi connectivity index (χ2v) is 9.09. The molecule has 1 atom stereocenters. The van der Waals surface area contributed by atoms with Crippen LogP contribution in [0.15, 0.2) is 24.3 Å². The maximum atomic E-state index is 6.30. The fraction of sp³-hybridized carbons (Fsp3) is 0.565. The van der Waals surface area contributed by atoms with E-state index in [9.17, 15) is 0 Å². The molecule has 0 saturated carbocycles. The largest absolute Gasteiger partial charge is 0.488 e. The molecule has 152 valence electrons. The summed E-state index contributed by atoms with van der Waals surface area (Å²) in [6.07, 6.45) is 4.82. The third kappa shape index (κ3) is 4.70. The predicted molar refractivity (Wildman–Crippen MR) is 115 cm³/mol. The summed E-state index contributed by atoms with van der Waals surface area (Å²) in [5, 5.41) is 0. The zero-order valence-electron chi connectivity index (χ0n) is 17.0. The standard InChI is InChI=1S/C23H31NO3S/c1-3-9-24-10-12-26-23-19(15-24)13-18(22-8-7-17(2)28-22)14-21(23)27-16-20-6-4-5-11-25-20/h7-8,13-14,20H,3-6,9-12,15-16H2,1-2H3/t20-/m1/s1. The van der Waals surface area contributed by atoms with E-state index in [1.807, 2.05) is 11.3 Å². The first-order chi connectivity index (χ1) is 13.7. The van der Waals surface area contributed by atoms with Gasteiger partial charge in [0.1, 0.15) is 13.2 Å². The van der Waals surface area contributed by atoms with Gasteiger partial charge in [-0.1, -0.05) is 6.92 Å². The van der Waals surface area contributed by atoms with E-state index in [4.69, 9.17) is 14.2 Å². The van der Waals surface area contributed by atoms with E-state index in [1.54, 1.807) is 0 Å². The van der Waals surface area contributed by atoms with E-state index in [1.165, 1.54) is 27.3 Å². The molecular formula is C23H31NO3S. The van der Waals surface area contributed by atoms with Crippen molar-refractivity contribution in [2.75, 3.05) is 32.9 Å². The summed E-state index contributed by atoms with van der Waals surface area (Å²) in [5.74, 6) is 1.79. The van der Waals surface area contributed by atoms with Gasteiger partial charge in [0.05, 0.1) is 6.10 Å². The van der Waals surface area contributed by atoms with E-state index < -0.39 is 0 Å². The van der Waals surface area contributed by atoms with Crippen LogP contribution < -0.4 is 9.47 Å². The van der Waals surface area contributed by atoms with E-state index >= 15 is 0 Å². The van der Waals surface area contributed by atoms with Crippen LogP contribution in [0.5, 0.6) is 11.5 Å². The molecule has 0 spiro atoms. The molecule has 0 N–H and O–H groups in total. The molecule has 3 heterocycles. The van der Waals surface area contributed by atoms with Crippen molar-refractivity contribution < 1.29 is 14.2 Å². The van der Waals surface area contributed by atoms with E-state index in [-0.39, 0.29) is 6.10 Å². The first kappa shape index (κ1) is 19.7. The number of aryl methyl sites for hydroxylation is 1. The van der Waals surface area contributed by atoms with Crippen LogP contribution in [0.1, 0.15) is 43.0 Å². The number of benzene rings is 1. The van der Waals surface area contributed by atoms with Gasteiger partial charge in [0, 0.05) is 35.0 Å².